The monoisotopic (exact) mass is 379 g/mol. The van der Waals surface area contributed by atoms with Gasteiger partial charge in [0.05, 0.1) is 31.5 Å². The number of nitrogens with zero attached hydrogens (tertiary/aromatic N) is 1. The molecule has 4 heteroatoms. The smallest absolute Gasteiger partial charge is 0.140 e. The second-order valence-electron chi connectivity index (χ2n) is 7.28. The van der Waals surface area contributed by atoms with E-state index in [1.165, 1.54) is 0 Å². The summed E-state index contributed by atoms with van der Waals surface area (Å²) >= 11 is 6.67. The molecule has 5 atom stereocenters. The van der Waals surface area contributed by atoms with Crippen LogP contribution in [-0.2, 0) is 22.7 Å². The van der Waals surface area contributed by atoms with Crippen LogP contribution in [0.4, 0.5) is 0 Å². The molecular formula is C23H22ClNO2. The Kier molecular flexibility index (Phi) is 5.31. The molecule has 27 heavy (non-hydrogen) atoms. The largest absolute Gasteiger partial charge is 0.370 e. The minimum atomic E-state index is -0.923. The molecule has 3 aliphatic carbocycles. The molecule has 0 spiro atoms. The van der Waals surface area contributed by atoms with Gasteiger partial charge in [-0.05, 0) is 17.5 Å². The van der Waals surface area contributed by atoms with Crippen molar-refractivity contribution in [2.45, 2.75) is 36.7 Å². The van der Waals surface area contributed by atoms with Gasteiger partial charge in [-0.25, -0.2) is 0 Å². The zero-order valence-corrected chi connectivity index (χ0v) is 15.8. The minimum Gasteiger partial charge on any atom is -0.370 e. The van der Waals surface area contributed by atoms with Crippen molar-refractivity contribution in [3.63, 3.8) is 0 Å². The Hall–Kier alpha value is -2.12. The van der Waals surface area contributed by atoms with Crippen LogP contribution in [0, 0.1) is 23.2 Å². The second kappa shape index (κ2) is 7.86. The van der Waals surface area contributed by atoms with Crippen LogP contribution < -0.4 is 0 Å². The van der Waals surface area contributed by atoms with E-state index in [2.05, 4.69) is 24.3 Å². The maximum Gasteiger partial charge on any atom is 0.140 e. The summed E-state index contributed by atoms with van der Waals surface area (Å²) < 4.78 is 12.6. The van der Waals surface area contributed by atoms with E-state index in [9.17, 15) is 5.26 Å². The number of hydrogen-bond acceptors (Lipinski definition) is 3. The summed E-state index contributed by atoms with van der Waals surface area (Å²) in [5, 5.41) is 9.66. The summed E-state index contributed by atoms with van der Waals surface area (Å²) in [6.45, 7) is 1.00. The molecule has 0 aromatic heterocycles. The van der Waals surface area contributed by atoms with Gasteiger partial charge in [0.15, 0.2) is 0 Å². The van der Waals surface area contributed by atoms with Crippen LogP contribution in [0.15, 0.2) is 72.8 Å². The van der Waals surface area contributed by atoms with E-state index in [1.807, 2.05) is 54.6 Å². The van der Waals surface area contributed by atoms with Crippen LogP contribution >= 0.6 is 11.6 Å². The van der Waals surface area contributed by atoms with Crippen LogP contribution in [0.3, 0.4) is 0 Å². The van der Waals surface area contributed by atoms with Crippen LogP contribution in [-0.4, -0.2) is 17.1 Å². The second-order valence-corrected chi connectivity index (χ2v) is 7.95. The number of halogens is 1. The number of nitriles is 1. The number of rotatable bonds is 6. The predicted molar refractivity (Wildman–Crippen MR) is 105 cm³/mol. The lowest BCUT2D eigenvalue weighted by Crippen LogP contribution is -2.57. The van der Waals surface area contributed by atoms with Crippen molar-refractivity contribution < 1.29 is 9.47 Å². The molecule has 0 heterocycles. The maximum absolute atomic E-state index is 9.66. The van der Waals surface area contributed by atoms with E-state index in [0.717, 1.165) is 11.1 Å². The third-order valence-corrected chi connectivity index (χ3v) is 5.97. The average Bonchev–Trinajstić information content (AvgIpc) is 2.73. The number of alkyl halides is 1. The first-order valence-corrected chi connectivity index (χ1v) is 9.67. The maximum atomic E-state index is 9.66. The molecule has 1 saturated carbocycles. The molecule has 0 aliphatic heterocycles. The fourth-order valence-corrected chi connectivity index (χ4v) is 4.45. The fraction of sp³-hybridized carbons (Fsp3) is 0.348. The zero-order valence-electron chi connectivity index (χ0n) is 15.0. The van der Waals surface area contributed by atoms with E-state index in [4.69, 9.17) is 21.1 Å². The Morgan fingerprint density at radius 2 is 1.44 bits per heavy atom. The highest BCUT2D eigenvalue weighted by molar-refractivity contribution is 6.26. The Balaban J connectivity index is 1.52. The van der Waals surface area contributed by atoms with Crippen molar-refractivity contribution in [2.24, 2.45) is 11.8 Å². The molecule has 0 unspecified atom stereocenters. The van der Waals surface area contributed by atoms with Crippen molar-refractivity contribution in [1.29, 1.82) is 5.26 Å². The first kappa shape index (κ1) is 18.3. The van der Waals surface area contributed by atoms with Gasteiger partial charge in [0.25, 0.3) is 0 Å². The molecule has 2 aromatic rings. The Morgan fingerprint density at radius 1 is 0.889 bits per heavy atom. The first-order chi connectivity index (χ1) is 13.2. The predicted octanol–water partition coefficient (Wildman–Crippen LogP) is 4.86. The Bertz CT molecular complexity index is 832. The standard InChI is InChI=1S/C23H22ClNO2/c24-23(16-25)13-19-11-12-20(23)22(27-15-18-9-5-2-6-10-18)21(19)26-14-17-7-3-1-4-8-17/h1-12,19-22H,13-15H2/t19-,20-,21+,22+,23-/m0/s1. The molecular weight excluding hydrogens is 358 g/mol. The van der Waals surface area contributed by atoms with Crippen LogP contribution in [0.5, 0.6) is 0 Å². The van der Waals surface area contributed by atoms with Gasteiger partial charge in [-0.15, -0.1) is 11.6 Å². The van der Waals surface area contributed by atoms with E-state index < -0.39 is 4.87 Å². The SMILES string of the molecule is N#C[C@@]1(Cl)C[C@@H]2C=C[C@H]1[C@@H](OCc1ccccc1)[C@@H]2OCc1ccccc1. The highest BCUT2D eigenvalue weighted by Crippen LogP contribution is 2.49. The number of fused-ring (bicyclic) bond motifs is 2. The lowest BCUT2D eigenvalue weighted by atomic mass is 9.65. The summed E-state index contributed by atoms with van der Waals surface area (Å²) in [7, 11) is 0. The fourth-order valence-electron chi connectivity index (χ4n) is 4.08. The summed E-state index contributed by atoms with van der Waals surface area (Å²) in [5.41, 5.74) is 2.23. The van der Waals surface area contributed by atoms with Crippen LogP contribution in [0.1, 0.15) is 17.5 Å². The van der Waals surface area contributed by atoms with E-state index in [0.29, 0.717) is 19.6 Å². The van der Waals surface area contributed by atoms with E-state index in [1.54, 1.807) is 0 Å². The zero-order chi connectivity index (χ0) is 18.7. The molecule has 1 fully saturated rings. The Labute approximate surface area is 165 Å². The normalized spacial score (nSPS) is 31.6. The van der Waals surface area contributed by atoms with Crippen molar-refractivity contribution in [3.05, 3.63) is 83.9 Å². The van der Waals surface area contributed by atoms with Gasteiger partial charge in [0.2, 0.25) is 0 Å². The van der Waals surface area contributed by atoms with Gasteiger partial charge in [-0.2, -0.15) is 5.26 Å². The summed E-state index contributed by atoms with van der Waals surface area (Å²) in [5.74, 6) is -0.102. The van der Waals surface area contributed by atoms with Crippen molar-refractivity contribution in [3.8, 4) is 6.07 Å². The molecule has 0 N–H and O–H groups in total. The Morgan fingerprint density at radius 3 is 2.00 bits per heavy atom. The molecule has 2 bridgehead atoms. The molecule has 0 saturated heterocycles. The van der Waals surface area contributed by atoms with Gasteiger partial charge in [0.1, 0.15) is 4.87 Å². The molecule has 3 aliphatic rings. The van der Waals surface area contributed by atoms with E-state index in [-0.39, 0.29) is 24.0 Å². The van der Waals surface area contributed by atoms with Crippen LogP contribution in [0.2, 0.25) is 0 Å². The lowest BCUT2D eigenvalue weighted by Gasteiger charge is -2.49. The van der Waals surface area contributed by atoms with E-state index >= 15 is 0 Å². The quantitative estimate of drug-likeness (QED) is 0.531. The average molecular weight is 380 g/mol. The topological polar surface area (TPSA) is 42.2 Å². The summed E-state index contributed by atoms with van der Waals surface area (Å²) in [6.07, 6.45) is 4.43. The number of ether oxygens (including phenoxy) is 2. The van der Waals surface area contributed by atoms with Gasteiger partial charge >= 0.3 is 0 Å². The lowest BCUT2D eigenvalue weighted by molar-refractivity contribution is -0.145. The molecule has 3 nitrogen and oxygen atoms in total. The highest BCUT2D eigenvalue weighted by atomic mass is 35.5. The third kappa shape index (κ3) is 3.80. The van der Waals surface area contributed by atoms with Gasteiger partial charge in [0, 0.05) is 11.8 Å². The van der Waals surface area contributed by atoms with Crippen molar-refractivity contribution in [2.75, 3.05) is 0 Å². The molecule has 5 rings (SSSR count). The number of benzene rings is 2. The number of hydrogen-bond donors (Lipinski definition) is 0. The molecule has 138 valence electrons. The third-order valence-electron chi connectivity index (χ3n) is 5.48. The van der Waals surface area contributed by atoms with Crippen molar-refractivity contribution >= 4 is 11.6 Å². The summed E-state index contributed by atoms with van der Waals surface area (Å²) in [4.78, 5) is -0.923. The molecule has 2 aromatic carbocycles. The van der Waals surface area contributed by atoms with Gasteiger partial charge < -0.3 is 9.47 Å². The van der Waals surface area contributed by atoms with Gasteiger partial charge in [-0.1, -0.05) is 72.8 Å². The molecule has 0 radical (unpaired) electrons. The highest BCUT2D eigenvalue weighted by Gasteiger charge is 2.55. The molecule has 0 amide bonds. The van der Waals surface area contributed by atoms with Gasteiger partial charge in [-0.3, -0.25) is 0 Å². The minimum absolute atomic E-state index is 0.0802. The first-order valence-electron chi connectivity index (χ1n) is 9.29. The van der Waals surface area contributed by atoms with Crippen LogP contribution in [0.25, 0.3) is 0 Å². The summed E-state index contributed by atoms with van der Waals surface area (Å²) in [6, 6.07) is 22.5. The van der Waals surface area contributed by atoms with Crippen molar-refractivity contribution in [1.82, 2.24) is 0 Å².